The Morgan fingerprint density at radius 2 is 2.19 bits per heavy atom. The quantitative estimate of drug-likeness (QED) is 0.865. The molecule has 0 unspecified atom stereocenters. The molecule has 0 aliphatic rings. The normalized spacial score (nSPS) is 11.5. The Hall–Kier alpha value is -1.90. The van der Waals surface area contributed by atoms with Gasteiger partial charge >= 0.3 is 5.97 Å². The van der Waals surface area contributed by atoms with E-state index in [0.717, 1.165) is 6.07 Å². The van der Waals surface area contributed by atoms with Gasteiger partial charge in [0.15, 0.2) is 0 Å². The summed E-state index contributed by atoms with van der Waals surface area (Å²) < 4.78 is 31.7. The number of carboxylic acids is 1. The number of oxazole rings is 1. The lowest BCUT2D eigenvalue weighted by Crippen LogP contribution is -2.24. The van der Waals surface area contributed by atoms with Gasteiger partial charge in [-0.2, -0.15) is 0 Å². The summed E-state index contributed by atoms with van der Waals surface area (Å²) in [5.74, 6) is -0.497. The van der Waals surface area contributed by atoms with Gasteiger partial charge < -0.3 is 9.52 Å². The predicted molar refractivity (Wildman–Crippen MR) is 73.7 cm³/mol. The van der Waals surface area contributed by atoms with Gasteiger partial charge in [0.1, 0.15) is 10.7 Å². The zero-order valence-electron chi connectivity index (χ0n) is 10.8. The van der Waals surface area contributed by atoms with Gasteiger partial charge in [-0.25, -0.2) is 22.9 Å². The Morgan fingerprint density at radius 3 is 2.76 bits per heavy atom. The molecule has 0 bridgehead atoms. The summed E-state index contributed by atoms with van der Waals surface area (Å²) in [4.78, 5) is 14.4. The van der Waals surface area contributed by atoms with E-state index in [1.165, 1.54) is 18.3 Å². The number of hydrogen-bond acceptors (Lipinski definition) is 5. The van der Waals surface area contributed by atoms with Gasteiger partial charge in [-0.3, -0.25) is 0 Å². The largest absolute Gasteiger partial charge is 0.478 e. The summed E-state index contributed by atoms with van der Waals surface area (Å²) in [6, 6.07) is 3.43. The molecule has 1 aromatic heterocycles. The van der Waals surface area contributed by atoms with E-state index in [-0.39, 0.29) is 27.9 Å². The molecule has 1 heterocycles. The van der Waals surface area contributed by atoms with Gasteiger partial charge in [0.05, 0.1) is 23.3 Å². The van der Waals surface area contributed by atoms with Crippen molar-refractivity contribution in [3.05, 3.63) is 46.6 Å². The minimum absolute atomic E-state index is 0.0731. The molecule has 2 aromatic rings. The topological polar surface area (TPSA) is 110 Å². The van der Waals surface area contributed by atoms with Gasteiger partial charge in [-0.1, -0.05) is 11.6 Å². The van der Waals surface area contributed by atoms with Crippen LogP contribution < -0.4 is 4.72 Å². The second-order valence-corrected chi connectivity index (χ2v) is 6.28. The van der Waals surface area contributed by atoms with Crippen LogP contribution in [0.25, 0.3) is 0 Å². The van der Waals surface area contributed by atoms with Crippen LogP contribution >= 0.6 is 11.6 Å². The second-order valence-electron chi connectivity index (χ2n) is 4.14. The molecule has 0 amide bonds. The zero-order chi connectivity index (χ0) is 15.6. The van der Waals surface area contributed by atoms with Crippen molar-refractivity contribution in [1.29, 1.82) is 0 Å². The number of aryl methyl sites for hydroxylation is 1. The summed E-state index contributed by atoms with van der Waals surface area (Å²) in [7, 11) is -3.98. The zero-order valence-corrected chi connectivity index (χ0v) is 12.4. The smallest absolute Gasteiger partial charge is 0.335 e. The fourth-order valence-electron chi connectivity index (χ4n) is 1.56. The van der Waals surface area contributed by atoms with Crippen molar-refractivity contribution in [2.45, 2.75) is 18.4 Å². The van der Waals surface area contributed by atoms with Crippen LogP contribution in [0.5, 0.6) is 0 Å². The van der Waals surface area contributed by atoms with Crippen LogP contribution in [0.1, 0.15) is 22.0 Å². The molecule has 0 radical (unpaired) electrons. The molecule has 0 atom stereocenters. The predicted octanol–water partition coefficient (Wildman–Crippen LogP) is 1.81. The number of hydrogen-bond donors (Lipinski definition) is 2. The van der Waals surface area contributed by atoms with Gasteiger partial charge in [0, 0.05) is 0 Å². The number of nitrogens with one attached hydrogen (secondary N) is 1. The summed E-state index contributed by atoms with van der Waals surface area (Å²) in [5.41, 5.74) is -0.174. The second kappa shape index (κ2) is 5.84. The molecule has 0 saturated carbocycles. The van der Waals surface area contributed by atoms with Crippen LogP contribution in [0.15, 0.2) is 33.7 Å². The van der Waals surface area contributed by atoms with Crippen LogP contribution in [-0.4, -0.2) is 24.5 Å². The Morgan fingerprint density at radius 1 is 1.48 bits per heavy atom. The minimum Gasteiger partial charge on any atom is -0.478 e. The van der Waals surface area contributed by atoms with E-state index in [4.69, 9.17) is 21.1 Å². The van der Waals surface area contributed by atoms with Crippen LogP contribution in [0, 0.1) is 6.92 Å². The maximum absolute atomic E-state index is 12.2. The van der Waals surface area contributed by atoms with Crippen molar-refractivity contribution < 1.29 is 22.7 Å². The monoisotopic (exact) mass is 330 g/mol. The fraction of sp³-hybridized carbons (Fsp3) is 0.167. The number of sulfonamides is 1. The molecule has 0 spiro atoms. The Labute approximate surface area is 125 Å². The highest BCUT2D eigenvalue weighted by Gasteiger charge is 2.20. The van der Waals surface area contributed by atoms with Crippen molar-refractivity contribution >= 4 is 27.6 Å². The molecule has 0 aliphatic heterocycles. The average Bonchev–Trinajstić information content (AvgIpc) is 2.82. The number of halogens is 1. The highest BCUT2D eigenvalue weighted by molar-refractivity contribution is 7.89. The molecule has 7 nitrogen and oxygen atoms in total. The van der Waals surface area contributed by atoms with Crippen molar-refractivity contribution in [3.63, 3.8) is 0 Å². The Balaban J connectivity index is 2.26. The fourth-order valence-corrected chi connectivity index (χ4v) is 3.06. The molecule has 0 aliphatic carbocycles. The first-order valence-electron chi connectivity index (χ1n) is 5.73. The third-order valence-electron chi connectivity index (χ3n) is 2.55. The molecule has 0 saturated heterocycles. The number of rotatable bonds is 5. The van der Waals surface area contributed by atoms with E-state index in [1.54, 1.807) is 6.92 Å². The van der Waals surface area contributed by atoms with Crippen LogP contribution in [0.2, 0.25) is 5.02 Å². The summed E-state index contributed by atoms with van der Waals surface area (Å²) in [6.45, 7) is 1.52. The van der Waals surface area contributed by atoms with Crippen LogP contribution in [0.3, 0.4) is 0 Å². The lowest BCUT2D eigenvalue weighted by molar-refractivity contribution is 0.0696. The first kappa shape index (κ1) is 15.5. The Kier molecular flexibility index (Phi) is 4.31. The molecule has 0 fully saturated rings. The van der Waals surface area contributed by atoms with Crippen molar-refractivity contribution in [2.24, 2.45) is 0 Å². The average molecular weight is 331 g/mol. The standard InChI is InChI=1S/C12H11ClN2O5S/c1-7-5-14-11(20-7)6-15-21(18,19)10-4-8(12(16)17)2-3-9(10)13/h2-5,15H,6H2,1H3,(H,16,17). The molecular weight excluding hydrogens is 320 g/mol. The van der Waals surface area contributed by atoms with Crippen LogP contribution in [-0.2, 0) is 16.6 Å². The van der Waals surface area contributed by atoms with E-state index in [0.29, 0.717) is 5.76 Å². The Bertz CT molecular complexity index is 785. The number of carbonyl (C=O) groups is 1. The van der Waals surface area contributed by atoms with Gasteiger partial charge in [0.25, 0.3) is 0 Å². The lowest BCUT2D eigenvalue weighted by Gasteiger charge is -2.07. The molecule has 2 rings (SSSR count). The minimum atomic E-state index is -3.98. The number of benzene rings is 1. The highest BCUT2D eigenvalue weighted by atomic mass is 35.5. The molecular formula is C12H11ClN2O5S. The van der Waals surface area contributed by atoms with Gasteiger partial charge in [-0.15, -0.1) is 0 Å². The number of aromatic carboxylic acids is 1. The van der Waals surface area contributed by atoms with Gasteiger partial charge in [0.2, 0.25) is 15.9 Å². The summed E-state index contributed by atoms with van der Waals surface area (Å²) in [5, 5.41) is 8.82. The third kappa shape index (κ3) is 3.60. The maximum atomic E-state index is 12.2. The van der Waals surface area contributed by atoms with Crippen molar-refractivity contribution in [2.75, 3.05) is 0 Å². The third-order valence-corrected chi connectivity index (χ3v) is 4.43. The number of nitrogens with zero attached hydrogens (tertiary/aromatic N) is 1. The molecule has 9 heteroatoms. The SMILES string of the molecule is Cc1cnc(CNS(=O)(=O)c2cc(C(=O)O)ccc2Cl)o1. The van der Waals surface area contributed by atoms with E-state index in [9.17, 15) is 13.2 Å². The van der Waals surface area contributed by atoms with E-state index in [1.807, 2.05) is 0 Å². The summed E-state index contributed by atoms with van der Waals surface area (Å²) in [6.07, 6.45) is 1.46. The maximum Gasteiger partial charge on any atom is 0.335 e. The molecule has 112 valence electrons. The van der Waals surface area contributed by atoms with E-state index < -0.39 is 16.0 Å². The number of aromatic nitrogens is 1. The first-order chi connectivity index (χ1) is 9.79. The molecule has 2 N–H and O–H groups in total. The van der Waals surface area contributed by atoms with Crippen LogP contribution in [0.4, 0.5) is 0 Å². The van der Waals surface area contributed by atoms with E-state index >= 15 is 0 Å². The van der Waals surface area contributed by atoms with Crippen molar-refractivity contribution in [1.82, 2.24) is 9.71 Å². The molecule has 1 aromatic carbocycles. The summed E-state index contributed by atoms with van der Waals surface area (Å²) >= 11 is 5.82. The lowest BCUT2D eigenvalue weighted by atomic mass is 10.2. The van der Waals surface area contributed by atoms with E-state index in [2.05, 4.69) is 9.71 Å². The number of carboxylic acid groups (broad SMARTS) is 1. The van der Waals surface area contributed by atoms with Crippen molar-refractivity contribution in [3.8, 4) is 0 Å². The van der Waals surface area contributed by atoms with Gasteiger partial charge in [-0.05, 0) is 25.1 Å². The highest BCUT2D eigenvalue weighted by Crippen LogP contribution is 2.22. The first-order valence-corrected chi connectivity index (χ1v) is 7.59. The molecule has 21 heavy (non-hydrogen) atoms.